The van der Waals surface area contributed by atoms with E-state index in [-0.39, 0.29) is 31.6 Å². The van der Waals surface area contributed by atoms with Crippen LogP contribution in [0.5, 0.6) is 11.5 Å². The average Bonchev–Trinajstić information content (AvgIpc) is 3.14. The van der Waals surface area contributed by atoms with E-state index < -0.39 is 0 Å². The third-order valence-electron chi connectivity index (χ3n) is 4.17. The minimum Gasteiger partial charge on any atom is -0.454 e. The third-order valence-corrected chi connectivity index (χ3v) is 4.97. The number of nitrogens with zero attached hydrogens (tertiary/aromatic N) is 1. The SMILES string of the molecule is CSc1ccccc1NC(=O)CN(C)CCC(=O)Nc1ccc2c(c1)OCO2. The van der Waals surface area contributed by atoms with Crippen molar-refractivity contribution < 1.29 is 19.1 Å². The van der Waals surface area contributed by atoms with Gasteiger partial charge in [0, 0.05) is 29.6 Å². The molecule has 0 saturated heterocycles. The summed E-state index contributed by atoms with van der Waals surface area (Å²) >= 11 is 1.58. The van der Waals surface area contributed by atoms with Gasteiger partial charge in [-0.15, -0.1) is 11.8 Å². The summed E-state index contributed by atoms with van der Waals surface area (Å²) in [5.74, 6) is 1.06. The third kappa shape index (κ3) is 5.40. The van der Waals surface area contributed by atoms with Gasteiger partial charge in [-0.3, -0.25) is 14.5 Å². The van der Waals surface area contributed by atoms with Gasteiger partial charge in [0.2, 0.25) is 18.6 Å². The molecule has 0 atom stereocenters. The molecule has 148 valence electrons. The first kappa shape index (κ1) is 20.0. The topological polar surface area (TPSA) is 79.9 Å². The highest BCUT2D eigenvalue weighted by atomic mass is 32.2. The molecular weight excluding hydrogens is 378 g/mol. The van der Waals surface area contributed by atoms with Crippen LogP contribution in [0.2, 0.25) is 0 Å². The number of carbonyl (C=O) groups is 2. The number of carbonyl (C=O) groups excluding carboxylic acids is 2. The molecular formula is C20H23N3O4S. The Labute approximate surface area is 168 Å². The minimum atomic E-state index is -0.126. The predicted molar refractivity (Wildman–Crippen MR) is 110 cm³/mol. The van der Waals surface area contributed by atoms with Gasteiger partial charge >= 0.3 is 0 Å². The van der Waals surface area contributed by atoms with E-state index in [9.17, 15) is 9.59 Å². The molecule has 3 rings (SSSR count). The maximum absolute atomic E-state index is 12.2. The van der Waals surface area contributed by atoms with Gasteiger partial charge in [0.25, 0.3) is 0 Å². The van der Waals surface area contributed by atoms with E-state index in [1.807, 2.05) is 42.5 Å². The fraction of sp³-hybridized carbons (Fsp3) is 0.300. The molecule has 0 unspecified atom stereocenters. The minimum absolute atomic E-state index is 0.111. The molecule has 1 aliphatic rings. The largest absolute Gasteiger partial charge is 0.454 e. The Morgan fingerprint density at radius 2 is 1.86 bits per heavy atom. The number of amides is 2. The van der Waals surface area contributed by atoms with Crippen molar-refractivity contribution >= 4 is 35.0 Å². The van der Waals surface area contributed by atoms with Crippen LogP contribution >= 0.6 is 11.8 Å². The van der Waals surface area contributed by atoms with E-state index in [2.05, 4.69) is 10.6 Å². The molecule has 0 radical (unpaired) electrons. The summed E-state index contributed by atoms with van der Waals surface area (Å²) in [4.78, 5) is 27.2. The van der Waals surface area contributed by atoms with Crippen LogP contribution in [0.25, 0.3) is 0 Å². The molecule has 8 heteroatoms. The number of ether oxygens (including phenoxy) is 2. The van der Waals surface area contributed by atoms with Crippen molar-refractivity contribution in [3.05, 3.63) is 42.5 Å². The lowest BCUT2D eigenvalue weighted by Crippen LogP contribution is -2.32. The molecule has 0 aromatic heterocycles. The monoisotopic (exact) mass is 401 g/mol. The van der Waals surface area contributed by atoms with Gasteiger partial charge in [-0.25, -0.2) is 0 Å². The number of anilines is 2. The maximum Gasteiger partial charge on any atom is 0.238 e. The van der Waals surface area contributed by atoms with Gasteiger partial charge in [-0.1, -0.05) is 12.1 Å². The summed E-state index contributed by atoms with van der Waals surface area (Å²) in [6.07, 6.45) is 2.25. The first-order valence-electron chi connectivity index (χ1n) is 8.86. The number of likely N-dealkylation sites (N-methyl/N-ethyl adjacent to an activating group) is 1. The van der Waals surface area contributed by atoms with E-state index in [0.29, 0.717) is 23.7 Å². The van der Waals surface area contributed by atoms with Gasteiger partial charge < -0.3 is 20.1 Å². The van der Waals surface area contributed by atoms with E-state index in [1.165, 1.54) is 0 Å². The first-order valence-corrected chi connectivity index (χ1v) is 10.1. The van der Waals surface area contributed by atoms with Gasteiger partial charge in [0.05, 0.1) is 12.2 Å². The fourth-order valence-corrected chi connectivity index (χ4v) is 3.31. The molecule has 0 aliphatic carbocycles. The predicted octanol–water partition coefficient (Wildman–Crippen LogP) is 3.04. The molecule has 2 amide bonds. The summed E-state index contributed by atoms with van der Waals surface area (Å²) in [6, 6.07) is 12.9. The van der Waals surface area contributed by atoms with E-state index >= 15 is 0 Å². The Kier molecular flexibility index (Phi) is 6.78. The second-order valence-corrected chi connectivity index (χ2v) is 7.20. The highest BCUT2D eigenvalue weighted by molar-refractivity contribution is 7.98. The van der Waals surface area contributed by atoms with Gasteiger partial charge in [-0.2, -0.15) is 0 Å². The number of rotatable bonds is 8. The number of fused-ring (bicyclic) bond motifs is 1. The van der Waals surface area contributed by atoms with Crippen molar-refractivity contribution in [2.75, 3.05) is 43.8 Å². The molecule has 1 heterocycles. The van der Waals surface area contributed by atoms with Crippen molar-refractivity contribution in [1.29, 1.82) is 0 Å². The summed E-state index contributed by atoms with van der Waals surface area (Å²) in [5, 5.41) is 5.75. The maximum atomic E-state index is 12.2. The Bertz CT molecular complexity index is 859. The molecule has 2 N–H and O–H groups in total. The lowest BCUT2D eigenvalue weighted by molar-refractivity contribution is -0.119. The van der Waals surface area contributed by atoms with Crippen molar-refractivity contribution in [3.8, 4) is 11.5 Å². The molecule has 0 spiro atoms. The van der Waals surface area contributed by atoms with Crippen LogP contribution in [0.3, 0.4) is 0 Å². The lowest BCUT2D eigenvalue weighted by atomic mass is 10.2. The Balaban J connectivity index is 1.42. The zero-order valence-corrected chi connectivity index (χ0v) is 16.7. The second-order valence-electron chi connectivity index (χ2n) is 6.35. The quantitative estimate of drug-likeness (QED) is 0.662. The Morgan fingerprint density at radius 3 is 2.68 bits per heavy atom. The van der Waals surface area contributed by atoms with Gasteiger partial charge in [0.15, 0.2) is 11.5 Å². The second kappa shape index (κ2) is 9.48. The Morgan fingerprint density at radius 1 is 1.07 bits per heavy atom. The summed E-state index contributed by atoms with van der Waals surface area (Å²) < 4.78 is 10.6. The molecule has 7 nitrogen and oxygen atoms in total. The highest BCUT2D eigenvalue weighted by Gasteiger charge is 2.15. The van der Waals surface area contributed by atoms with Crippen molar-refractivity contribution in [1.82, 2.24) is 4.90 Å². The van der Waals surface area contributed by atoms with Crippen LogP contribution < -0.4 is 20.1 Å². The fourth-order valence-electron chi connectivity index (χ4n) is 2.75. The summed E-state index contributed by atoms with van der Waals surface area (Å²) in [7, 11) is 1.81. The zero-order valence-electron chi connectivity index (χ0n) is 15.9. The zero-order chi connectivity index (χ0) is 19.9. The molecule has 28 heavy (non-hydrogen) atoms. The summed E-state index contributed by atoms with van der Waals surface area (Å²) in [6.45, 7) is 0.870. The molecule has 0 bridgehead atoms. The standard InChI is InChI=1S/C20H23N3O4S/c1-23(12-20(25)22-15-5-3-4-6-18(15)28-2)10-9-19(24)21-14-7-8-16-17(11-14)27-13-26-16/h3-8,11H,9-10,12-13H2,1-2H3,(H,21,24)(H,22,25). The number of benzene rings is 2. The molecule has 2 aromatic carbocycles. The molecule has 0 fully saturated rings. The van der Waals surface area contributed by atoms with Gasteiger partial charge in [0.1, 0.15) is 0 Å². The van der Waals surface area contributed by atoms with E-state index in [1.54, 1.807) is 30.0 Å². The first-order chi connectivity index (χ1) is 13.5. The van der Waals surface area contributed by atoms with Crippen molar-refractivity contribution in [2.24, 2.45) is 0 Å². The number of hydrogen-bond acceptors (Lipinski definition) is 6. The van der Waals surface area contributed by atoms with Crippen LogP contribution in [0.15, 0.2) is 47.4 Å². The van der Waals surface area contributed by atoms with Crippen LogP contribution in [0, 0.1) is 0 Å². The van der Waals surface area contributed by atoms with E-state index in [0.717, 1.165) is 10.6 Å². The van der Waals surface area contributed by atoms with Crippen molar-refractivity contribution in [2.45, 2.75) is 11.3 Å². The highest BCUT2D eigenvalue weighted by Crippen LogP contribution is 2.34. The number of thioether (sulfide) groups is 1. The van der Waals surface area contributed by atoms with Crippen LogP contribution in [0.4, 0.5) is 11.4 Å². The average molecular weight is 401 g/mol. The molecule has 0 saturated carbocycles. The van der Waals surface area contributed by atoms with Crippen LogP contribution in [-0.4, -0.2) is 49.9 Å². The summed E-state index contributed by atoms with van der Waals surface area (Å²) in [5.41, 5.74) is 1.46. The normalized spacial score (nSPS) is 12.1. The Hall–Kier alpha value is -2.71. The smallest absolute Gasteiger partial charge is 0.238 e. The molecule has 2 aromatic rings. The van der Waals surface area contributed by atoms with Gasteiger partial charge in [-0.05, 0) is 37.6 Å². The van der Waals surface area contributed by atoms with Crippen LogP contribution in [-0.2, 0) is 9.59 Å². The lowest BCUT2D eigenvalue weighted by Gasteiger charge is -2.17. The number of hydrogen-bond donors (Lipinski definition) is 2. The van der Waals surface area contributed by atoms with Crippen LogP contribution in [0.1, 0.15) is 6.42 Å². The van der Waals surface area contributed by atoms with Crippen molar-refractivity contribution in [3.63, 3.8) is 0 Å². The number of nitrogens with one attached hydrogen (secondary N) is 2. The molecule has 1 aliphatic heterocycles. The number of para-hydroxylation sites is 1. The van der Waals surface area contributed by atoms with E-state index in [4.69, 9.17) is 9.47 Å².